The van der Waals surface area contributed by atoms with Gasteiger partial charge in [0.1, 0.15) is 10.6 Å². The molecule has 1 saturated carbocycles. The average Bonchev–Trinajstić information content (AvgIpc) is 3.55. The summed E-state index contributed by atoms with van der Waals surface area (Å²) in [5.41, 5.74) is 2.41. The van der Waals surface area contributed by atoms with Gasteiger partial charge < -0.3 is 15.2 Å². The van der Waals surface area contributed by atoms with Crippen molar-refractivity contribution < 1.29 is 22.5 Å². The van der Waals surface area contributed by atoms with Crippen LogP contribution in [0.2, 0.25) is 0 Å². The van der Waals surface area contributed by atoms with Crippen molar-refractivity contribution in [3.8, 4) is 0 Å². The summed E-state index contributed by atoms with van der Waals surface area (Å²) >= 11 is 0. The second-order valence-electron chi connectivity index (χ2n) is 8.64. The van der Waals surface area contributed by atoms with E-state index in [9.17, 15) is 18.0 Å². The molecule has 1 saturated heterocycles. The van der Waals surface area contributed by atoms with Crippen molar-refractivity contribution >= 4 is 33.2 Å². The summed E-state index contributed by atoms with van der Waals surface area (Å²) in [6.07, 6.45) is 3.00. The van der Waals surface area contributed by atoms with Gasteiger partial charge in [-0.1, -0.05) is 11.2 Å². The van der Waals surface area contributed by atoms with Gasteiger partial charge in [-0.3, -0.25) is 9.59 Å². The minimum absolute atomic E-state index is 0.00131. The SMILES string of the molecule is Cc1ccc(NC(=O)C2CC2)cc1NC(=O)C1CCCN(S(=O)(=O)c2c(C)noc2C)C1. The molecule has 2 amide bonds. The van der Waals surface area contributed by atoms with Gasteiger partial charge in [0.05, 0.1) is 5.92 Å². The number of carbonyl (C=O) groups excluding carboxylic acids is 2. The van der Waals surface area contributed by atoms with Crippen LogP contribution in [0.3, 0.4) is 0 Å². The minimum atomic E-state index is -3.80. The van der Waals surface area contributed by atoms with Gasteiger partial charge in [0.15, 0.2) is 5.76 Å². The van der Waals surface area contributed by atoms with Gasteiger partial charge in [-0.2, -0.15) is 4.31 Å². The van der Waals surface area contributed by atoms with E-state index in [-0.39, 0.29) is 34.9 Å². The number of rotatable bonds is 6. The molecule has 9 nitrogen and oxygen atoms in total. The van der Waals surface area contributed by atoms with E-state index >= 15 is 0 Å². The number of benzene rings is 1. The number of aromatic nitrogens is 1. The fraction of sp³-hybridized carbons (Fsp3) is 0.500. The first-order chi connectivity index (χ1) is 15.2. The molecule has 32 heavy (non-hydrogen) atoms. The maximum Gasteiger partial charge on any atom is 0.248 e. The summed E-state index contributed by atoms with van der Waals surface area (Å²) in [5.74, 6) is -0.393. The van der Waals surface area contributed by atoms with Gasteiger partial charge in [0.2, 0.25) is 21.8 Å². The third-order valence-electron chi connectivity index (χ3n) is 6.03. The lowest BCUT2D eigenvalue weighted by Gasteiger charge is -2.31. The Balaban J connectivity index is 1.46. The molecule has 2 N–H and O–H groups in total. The van der Waals surface area contributed by atoms with Crippen molar-refractivity contribution in [1.29, 1.82) is 0 Å². The monoisotopic (exact) mass is 460 g/mol. The molecule has 1 aliphatic heterocycles. The minimum Gasteiger partial charge on any atom is -0.360 e. The number of anilines is 2. The number of nitrogens with zero attached hydrogens (tertiary/aromatic N) is 2. The van der Waals surface area contributed by atoms with E-state index in [0.29, 0.717) is 36.5 Å². The number of piperidine rings is 1. The maximum absolute atomic E-state index is 13.1. The zero-order valence-corrected chi connectivity index (χ0v) is 19.3. The van der Waals surface area contributed by atoms with Crippen molar-refractivity contribution in [2.24, 2.45) is 11.8 Å². The maximum atomic E-state index is 13.1. The van der Waals surface area contributed by atoms with E-state index < -0.39 is 15.9 Å². The molecule has 4 rings (SSSR count). The molecular weight excluding hydrogens is 432 g/mol. The van der Waals surface area contributed by atoms with Gasteiger partial charge in [-0.15, -0.1) is 0 Å². The van der Waals surface area contributed by atoms with E-state index in [0.717, 1.165) is 18.4 Å². The number of carbonyl (C=O) groups is 2. The summed E-state index contributed by atoms with van der Waals surface area (Å²) in [5, 5.41) is 9.56. The van der Waals surface area contributed by atoms with Crippen LogP contribution >= 0.6 is 0 Å². The van der Waals surface area contributed by atoms with Crippen LogP contribution in [0.25, 0.3) is 0 Å². The Hall–Kier alpha value is -2.72. The highest BCUT2D eigenvalue weighted by molar-refractivity contribution is 7.89. The summed E-state index contributed by atoms with van der Waals surface area (Å²) in [4.78, 5) is 25.1. The summed E-state index contributed by atoms with van der Waals surface area (Å²) in [7, 11) is -3.80. The molecule has 0 bridgehead atoms. The Kier molecular flexibility index (Phi) is 6.09. The first-order valence-corrected chi connectivity index (χ1v) is 12.3. The Labute approximate surface area is 187 Å². The van der Waals surface area contributed by atoms with Crippen LogP contribution in [0.4, 0.5) is 11.4 Å². The second-order valence-corrected chi connectivity index (χ2v) is 10.5. The molecule has 1 atom stereocenters. The zero-order valence-electron chi connectivity index (χ0n) is 18.5. The lowest BCUT2D eigenvalue weighted by molar-refractivity contribution is -0.121. The number of amides is 2. The van der Waals surface area contributed by atoms with Crippen LogP contribution in [-0.2, 0) is 19.6 Å². The van der Waals surface area contributed by atoms with Crippen molar-refractivity contribution in [3.63, 3.8) is 0 Å². The van der Waals surface area contributed by atoms with E-state index in [2.05, 4.69) is 15.8 Å². The Morgan fingerprint density at radius 1 is 1.06 bits per heavy atom. The molecule has 2 aromatic rings. The standard InChI is InChI=1S/C22H28N4O5S/c1-13-6-9-18(23-21(27)16-7-8-16)11-19(13)24-22(28)17-5-4-10-26(12-17)32(29,30)20-14(2)25-31-15(20)3/h6,9,11,16-17H,4-5,7-8,10,12H2,1-3H3,(H,23,27)(H,24,28). The molecule has 172 valence electrons. The molecule has 1 aromatic carbocycles. The highest BCUT2D eigenvalue weighted by Crippen LogP contribution is 2.31. The first-order valence-electron chi connectivity index (χ1n) is 10.8. The molecule has 1 aliphatic carbocycles. The molecule has 2 aliphatic rings. The van der Waals surface area contributed by atoms with Crippen molar-refractivity contribution in [3.05, 3.63) is 35.2 Å². The van der Waals surface area contributed by atoms with Crippen LogP contribution in [0.1, 0.15) is 42.7 Å². The van der Waals surface area contributed by atoms with Crippen molar-refractivity contribution in [1.82, 2.24) is 9.46 Å². The first kappa shape index (κ1) is 22.5. The molecule has 10 heteroatoms. The average molecular weight is 461 g/mol. The number of hydrogen-bond donors (Lipinski definition) is 2. The van der Waals surface area contributed by atoms with Gasteiger partial charge in [-0.05, 0) is 64.2 Å². The van der Waals surface area contributed by atoms with E-state index in [1.165, 1.54) is 4.31 Å². The summed E-state index contributed by atoms with van der Waals surface area (Å²) in [6.45, 7) is 5.47. The third-order valence-corrected chi connectivity index (χ3v) is 8.14. The topological polar surface area (TPSA) is 122 Å². The predicted octanol–water partition coefficient (Wildman–Crippen LogP) is 2.99. The fourth-order valence-corrected chi connectivity index (χ4v) is 5.82. The molecule has 2 heterocycles. The highest BCUT2D eigenvalue weighted by Gasteiger charge is 2.36. The molecule has 2 fully saturated rings. The highest BCUT2D eigenvalue weighted by atomic mass is 32.2. The predicted molar refractivity (Wildman–Crippen MR) is 119 cm³/mol. The largest absolute Gasteiger partial charge is 0.360 e. The summed E-state index contributed by atoms with van der Waals surface area (Å²) in [6, 6.07) is 5.39. The number of aryl methyl sites for hydroxylation is 3. The van der Waals surface area contributed by atoms with Crippen LogP contribution in [0, 0.1) is 32.6 Å². The van der Waals surface area contributed by atoms with Gasteiger partial charge >= 0.3 is 0 Å². The molecule has 1 unspecified atom stereocenters. The van der Waals surface area contributed by atoms with E-state index in [1.807, 2.05) is 19.1 Å². The van der Waals surface area contributed by atoms with Crippen molar-refractivity contribution in [2.75, 3.05) is 23.7 Å². The van der Waals surface area contributed by atoms with Gasteiger partial charge in [0.25, 0.3) is 0 Å². The number of nitrogens with one attached hydrogen (secondary N) is 2. The summed E-state index contributed by atoms with van der Waals surface area (Å²) < 4.78 is 32.6. The van der Waals surface area contributed by atoms with Crippen LogP contribution in [0.15, 0.2) is 27.6 Å². The lowest BCUT2D eigenvalue weighted by Crippen LogP contribution is -2.44. The Bertz CT molecular complexity index is 1130. The smallest absolute Gasteiger partial charge is 0.248 e. The Morgan fingerprint density at radius 3 is 2.44 bits per heavy atom. The van der Waals surface area contributed by atoms with E-state index in [1.54, 1.807) is 19.9 Å². The Morgan fingerprint density at radius 2 is 1.78 bits per heavy atom. The molecular formula is C22H28N4O5S. The zero-order chi connectivity index (χ0) is 23.0. The normalized spacial score (nSPS) is 19.5. The van der Waals surface area contributed by atoms with Crippen molar-refractivity contribution in [2.45, 2.75) is 51.3 Å². The van der Waals surface area contributed by atoms with Crippen LogP contribution in [-0.4, -0.2) is 42.8 Å². The number of sulfonamides is 1. The fourth-order valence-electron chi connectivity index (χ4n) is 4.01. The lowest BCUT2D eigenvalue weighted by atomic mass is 9.98. The molecule has 0 radical (unpaired) electrons. The van der Waals surface area contributed by atoms with Crippen LogP contribution in [0.5, 0.6) is 0 Å². The molecule has 0 spiro atoms. The quantitative estimate of drug-likeness (QED) is 0.683. The van der Waals surface area contributed by atoms with Gasteiger partial charge in [0, 0.05) is 30.4 Å². The second kappa shape index (κ2) is 8.67. The third kappa shape index (κ3) is 4.56. The van der Waals surface area contributed by atoms with Crippen LogP contribution < -0.4 is 10.6 Å². The van der Waals surface area contributed by atoms with E-state index in [4.69, 9.17) is 4.52 Å². The van der Waals surface area contributed by atoms with Gasteiger partial charge in [-0.25, -0.2) is 8.42 Å². The molecule has 1 aromatic heterocycles. The number of hydrogen-bond acceptors (Lipinski definition) is 6.